The predicted octanol–water partition coefficient (Wildman–Crippen LogP) is -0.154. The molecule has 0 radical (unpaired) electrons. The molecule has 0 bridgehead atoms. The quantitative estimate of drug-likeness (QED) is 0.724. The number of carbonyl (C=O) groups excluding carboxylic acids is 2. The van der Waals surface area contributed by atoms with Crippen molar-refractivity contribution in [1.82, 2.24) is 20.5 Å². The Labute approximate surface area is 126 Å². The fourth-order valence-electron chi connectivity index (χ4n) is 2.31. The molecule has 1 saturated heterocycles. The molecular formula is C14H15N5O3. The molecule has 1 atom stereocenters. The first-order chi connectivity index (χ1) is 10.6. The Kier molecular flexibility index (Phi) is 3.60. The lowest BCUT2D eigenvalue weighted by Crippen LogP contribution is -2.58. The molecule has 3 rings (SSSR count). The Morgan fingerprint density at radius 1 is 1.32 bits per heavy atom. The van der Waals surface area contributed by atoms with Crippen LogP contribution in [0.1, 0.15) is 16.9 Å². The number of aromatic nitrogens is 3. The minimum absolute atomic E-state index is 0.0845. The van der Waals surface area contributed by atoms with Gasteiger partial charge in [0.15, 0.2) is 0 Å². The van der Waals surface area contributed by atoms with Crippen LogP contribution in [0.2, 0.25) is 0 Å². The van der Waals surface area contributed by atoms with Gasteiger partial charge in [-0.2, -0.15) is 5.10 Å². The predicted molar refractivity (Wildman–Crippen MR) is 76.6 cm³/mol. The van der Waals surface area contributed by atoms with E-state index in [1.807, 2.05) is 0 Å². The lowest BCUT2D eigenvalue weighted by atomic mass is 9.97. The number of ether oxygens (including phenoxy) is 1. The van der Waals surface area contributed by atoms with E-state index in [4.69, 9.17) is 10.5 Å². The second kappa shape index (κ2) is 5.57. The number of amides is 2. The lowest BCUT2D eigenvalue weighted by Gasteiger charge is -2.24. The molecule has 8 heteroatoms. The second-order valence-corrected chi connectivity index (χ2v) is 5.12. The molecule has 0 aliphatic carbocycles. The van der Waals surface area contributed by atoms with Gasteiger partial charge in [-0.3, -0.25) is 19.7 Å². The van der Waals surface area contributed by atoms with E-state index in [0.717, 1.165) is 11.1 Å². The van der Waals surface area contributed by atoms with Gasteiger partial charge in [-0.25, -0.2) is 0 Å². The second-order valence-electron chi connectivity index (χ2n) is 5.12. The van der Waals surface area contributed by atoms with E-state index < -0.39 is 17.4 Å². The molecule has 2 aromatic heterocycles. The SMILES string of the molecule is NC(=O)C1(NC(=O)c2ccc(-c3cn[nH]c3)cn2)CCOC1. The summed E-state index contributed by atoms with van der Waals surface area (Å²) in [5, 5.41) is 9.21. The highest BCUT2D eigenvalue weighted by atomic mass is 16.5. The number of nitrogens with two attached hydrogens (primary N) is 1. The maximum atomic E-state index is 12.3. The fraction of sp³-hybridized carbons (Fsp3) is 0.286. The maximum absolute atomic E-state index is 12.3. The highest BCUT2D eigenvalue weighted by molar-refractivity contribution is 5.98. The van der Waals surface area contributed by atoms with E-state index in [2.05, 4.69) is 20.5 Å². The lowest BCUT2D eigenvalue weighted by molar-refractivity contribution is -0.124. The first-order valence-electron chi connectivity index (χ1n) is 6.76. The molecular weight excluding hydrogens is 286 g/mol. The molecule has 114 valence electrons. The van der Waals surface area contributed by atoms with E-state index in [-0.39, 0.29) is 12.3 Å². The normalized spacial score (nSPS) is 20.7. The third-order valence-electron chi connectivity index (χ3n) is 3.67. The van der Waals surface area contributed by atoms with Crippen LogP contribution >= 0.6 is 0 Å². The first kappa shape index (κ1) is 14.2. The Balaban J connectivity index is 1.76. The van der Waals surface area contributed by atoms with Gasteiger partial charge in [0.05, 0.1) is 12.8 Å². The summed E-state index contributed by atoms with van der Waals surface area (Å²) in [5.41, 5.74) is 6.15. The van der Waals surface area contributed by atoms with Crippen molar-refractivity contribution in [3.05, 3.63) is 36.4 Å². The highest BCUT2D eigenvalue weighted by Crippen LogP contribution is 2.20. The third-order valence-corrected chi connectivity index (χ3v) is 3.67. The van der Waals surface area contributed by atoms with Gasteiger partial charge < -0.3 is 15.8 Å². The van der Waals surface area contributed by atoms with Crippen LogP contribution < -0.4 is 11.1 Å². The van der Waals surface area contributed by atoms with Gasteiger partial charge in [0.2, 0.25) is 5.91 Å². The fourth-order valence-corrected chi connectivity index (χ4v) is 2.31. The van der Waals surface area contributed by atoms with Crippen LogP contribution in [0.3, 0.4) is 0 Å². The van der Waals surface area contributed by atoms with Gasteiger partial charge in [-0.05, 0) is 6.07 Å². The van der Waals surface area contributed by atoms with Crippen LogP contribution in [0.5, 0.6) is 0 Å². The van der Waals surface area contributed by atoms with Crippen LogP contribution in [-0.4, -0.2) is 45.7 Å². The smallest absolute Gasteiger partial charge is 0.270 e. The van der Waals surface area contributed by atoms with Crippen molar-refractivity contribution in [2.24, 2.45) is 5.73 Å². The summed E-state index contributed by atoms with van der Waals surface area (Å²) in [6.07, 6.45) is 5.33. The summed E-state index contributed by atoms with van der Waals surface area (Å²) in [5.74, 6) is -1.06. The van der Waals surface area contributed by atoms with Crippen molar-refractivity contribution in [2.45, 2.75) is 12.0 Å². The molecule has 0 aromatic carbocycles. The average Bonchev–Trinajstić information content (AvgIpc) is 3.19. The zero-order valence-corrected chi connectivity index (χ0v) is 11.7. The molecule has 1 unspecified atom stereocenters. The average molecular weight is 301 g/mol. The molecule has 2 aromatic rings. The Bertz CT molecular complexity index is 675. The number of H-pyrrole nitrogens is 1. The van der Waals surface area contributed by atoms with Gasteiger partial charge in [-0.15, -0.1) is 0 Å². The van der Waals surface area contributed by atoms with Gasteiger partial charge in [0, 0.05) is 36.5 Å². The Morgan fingerprint density at radius 2 is 2.18 bits per heavy atom. The van der Waals surface area contributed by atoms with Crippen molar-refractivity contribution >= 4 is 11.8 Å². The number of hydrogen-bond donors (Lipinski definition) is 3. The molecule has 22 heavy (non-hydrogen) atoms. The van der Waals surface area contributed by atoms with E-state index in [0.29, 0.717) is 13.0 Å². The van der Waals surface area contributed by atoms with Crippen molar-refractivity contribution in [2.75, 3.05) is 13.2 Å². The molecule has 8 nitrogen and oxygen atoms in total. The molecule has 0 spiro atoms. The number of nitrogens with zero attached hydrogens (tertiary/aromatic N) is 2. The summed E-state index contributed by atoms with van der Waals surface area (Å²) in [6, 6.07) is 3.34. The molecule has 3 heterocycles. The van der Waals surface area contributed by atoms with E-state index in [1.165, 1.54) is 0 Å². The van der Waals surface area contributed by atoms with E-state index in [1.54, 1.807) is 30.7 Å². The van der Waals surface area contributed by atoms with Gasteiger partial charge >= 0.3 is 0 Å². The number of primary amides is 1. The molecule has 0 saturated carbocycles. The van der Waals surface area contributed by atoms with Gasteiger partial charge in [-0.1, -0.05) is 6.07 Å². The topological polar surface area (TPSA) is 123 Å². The summed E-state index contributed by atoms with van der Waals surface area (Å²) < 4.78 is 5.18. The number of hydrogen-bond acceptors (Lipinski definition) is 5. The highest BCUT2D eigenvalue weighted by Gasteiger charge is 2.42. The molecule has 1 fully saturated rings. The van der Waals surface area contributed by atoms with Crippen LogP contribution in [0.15, 0.2) is 30.7 Å². The van der Waals surface area contributed by atoms with Crippen molar-refractivity contribution in [3.8, 4) is 11.1 Å². The zero-order valence-electron chi connectivity index (χ0n) is 11.7. The Morgan fingerprint density at radius 3 is 2.73 bits per heavy atom. The van der Waals surface area contributed by atoms with Crippen LogP contribution in [-0.2, 0) is 9.53 Å². The standard InChI is InChI=1S/C14H15N5O3/c15-13(21)14(3-4-22-8-14)19-12(20)11-2-1-9(5-16-11)10-6-17-18-7-10/h1-2,5-7H,3-4,8H2,(H2,15,21)(H,17,18)(H,19,20). The Hall–Kier alpha value is -2.74. The van der Waals surface area contributed by atoms with Crippen molar-refractivity contribution < 1.29 is 14.3 Å². The molecule has 4 N–H and O–H groups in total. The molecule has 2 amide bonds. The van der Waals surface area contributed by atoms with Crippen molar-refractivity contribution in [3.63, 3.8) is 0 Å². The van der Waals surface area contributed by atoms with Crippen molar-refractivity contribution in [1.29, 1.82) is 0 Å². The van der Waals surface area contributed by atoms with Crippen LogP contribution in [0, 0.1) is 0 Å². The first-order valence-corrected chi connectivity index (χ1v) is 6.76. The number of aromatic amines is 1. The molecule has 1 aliphatic rings. The largest absolute Gasteiger partial charge is 0.378 e. The van der Waals surface area contributed by atoms with E-state index >= 15 is 0 Å². The number of nitrogens with one attached hydrogen (secondary N) is 2. The molecule has 1 aliphatic heterocycles. The van der Waals surface area contributed by atoms with E-state index in [9.17, 15) is 9.59 Å². The van der Waals surface area contributed by atoms with Crippen LogP contribution in [0.4, 0.5) is 0 Å². The number of pyridine rings is 1. The maximum Gasteiger partial charge on any atom is 0.270 e. The number of rotatable bonds is 4. The summed E-state index contributed by atoms with van der Waals surface area (Å²) in [4.78, 5) is 28.0. The number of carbonyl (C=O) groups is 2. The zero-order chi connectivity index (χ0) is 15.6. The minimum atomic E-state index is -1.15. The van der Waals surface area contributed by atoms with Gasteiger partial charge in [0.1, 0.15) is 11.2 Å². The summed E-state index contributed by atoms with van der Waals surface area (Å²) >= 11 is 0. The third kappa shape index (κ3) is 2.56. The summed E-state index contributed by atoms with van der Waals surface area (Å²) in [6.45, 7) is 0.469. The van der Waals surface area contributed by atoms with Gasteiger partial charge in [0.25, 0.3) is 5.91 Å². The summed E-state index contributed by atoms with van der Waals surface area (Å²) in [7, 11) is 0. The van der Waals surface area contributed by atoms with Crippen LogP contribution in [0.25, 0.3) is 11.1 Å². The monoisotopic (exact) mass is 301 g/mol. The minimum Gasteiger partial charge on any atom is -0.378 e.